The standard InChI is InChI=1S/C23H28N4O5S/c1-15(21-19-11-6-16(23(29)32-4)14-20(19)25-22(21)28)24-17-7-9-18(10-8-17)27(33(5,30)31)13-12-26(2)3/h6-11,14,25,28H,12-13H2,1-5H3. The van der Waals surface area contributed by atoms with E-state index in [0.29, 0.717) is 52.2 Å². The van der Waals surface area contributed by atoms with E-state index in [1.807, 2.05) is 19.0 Å². The number of aliphatic imine (C=N–C) groups is 1. The first-order valence-electron chi connectivity index (χ1n) is 10.2. The predicted molar refractivity (Wildman–Crippen MR) is 130 cm³/mol. The van der Waals surface area contributed by atoms with Crippen molar-refractivity contribution in [1.29, 1.82) is 0 Å². The zero-order chi connectivity index (χ0) is 24.3. The van der Waals surface area contributed by atoms with Crippen molar-refractivity contribution in [1.82, 2.24) is 9.88 Å². The maximum absolute atomic E-state index is 12.2. The Morgan fingerprint density at radius 1 is 1.12 bits per heavy atom. The second-order valence-corrected chi connectivity index (χ2v) is 9.86. The Kier molecular flexibility index (Phi) is 7.09. The van der Waals surface area contributed by atoms with E-state index < -0.39 is 16.0 Å². The number of aromatic amines is 1. The number of anilines is 1. The Bertz CT molecular complexity index is 1290. The Hall–Kier alpha value is -3.37. The van der Waals surface area contributed by atoms with Crippen molar-refractivity contribution in [2.45, 2.75) is 6.92 Å². The number of methoxy groups -OCH3 is 1. The maximum atomic E-state index is 12.2. The van der Waals surface area contributed by atoms with Gasteiger partial charge in [0.2, 0.25) is 10.0 Å². The first-order valence-corrected chi connectivity index (χ1v) is 12.1. The monoisotopic (exact) mass is 472 g/mol. The molecule has 0 spiro atoms. The number of carbonyl (C=O) groups excluding carboxylic acids is 1. The second kappa shape index (κ2) is 9.63. The predicted octanol–water partition coefficient (Wildman–Crippen LogP) is 3.13. The van der Waals surface area contributed by atoms with E-state index in [0.717, 1.165) is 0 Å². The van der Waals surface area contributed by atoms with Gasteiger partial charge in [-0.25, -0.2) is 13.2 Å². The summed E-state index contributed by atoms with van der Waals surface area (Å²) in [4.78, 5) is 21.1. The van der Waals surface area contributed by atoms with E-state index in [1.54, 1.807) is 49.4 Å². The number of hydrogen-bond donors (Lipinski definition) is 2. The molecule has 0 atom stereocenters. The largest absolute Gasteiger partial charge is 0.494 e. The van der Waals surface area contributed by atoms with Gasteiger partial charge in [-0.1, -0.05) is 6.07 Å². The minimum atomic E-state index is -3.43. The van der Waals surface area contributed by atoms with Crippen LogP contribution in [0, 0.1) is 0 Å². The molecule has 2 N–H and O–H groups in total. The van der Waals surface area contributed by atoms with Crippen LogP contribution in [0.25, 0.3) is 10.9 Å². The number of sulfonamides is 1. The third kappa shape index (κ3) is 5.52. The Morgan fingerprint density at radius 3 is 2.36 bits per heavy atom. The summed E-state index contributed by atoms with van der Waals surface area (Å²) in [5.41, 5.74) is 3.20. The molecule has 10 heteroatoms. The number of rotatable bonds is 8. The molecule has 1 aromatic heterocycles. The average Bonchev–Trinajstić information content (AvgIpc) is 3.08. The van der Waals surface area contributed by atoms with Crippen LogP contribution in [0.3, 0.4) is 0 Å². The van der Waals surface area contributed by atoms with E-state index in [4.69, 9.17) is 4.74 Å². The van der Waals surface area contributed by atoms with Gasteiger partial charge in [0.15, 0.2) is 5.88 Å². The van der Waals surface area contributed by atoms with E-state index in [1.165, 1.54) is 17.7 Å². The lowest BCUT2D eigenvalue weighted by molar-refractivity contribution is 0.0601. The number of fused-ring (bicyclic) bond motifs is 1. The lowest BCUT2D eigenvalue weighted by atomic mass is 10.1. The molecule has 0 aliphatic carbocycles. The summed E-state index contributed by atoms with van der Waals surface area (Å²) in [5.74, 6) is -0.524. The molecule has 0 unspecified atom stereocenters. The molecule has 0 fully saturated rings. The minimum absolute atomic E-state index is 0.0585. The van der Waals surface area contributed by atoms with Gasteiger partial charge in [0.1, 0.15) is 0 Å². The Morgan fingerprint density at radius 2 is 1.79 bits per heavy atom. The highest BCUT2D eigenvalue weighted by atomic mass is 32.2. The fraction of sp³-hybridized carbons (Fsp3) is 0.304. The number of aromatic nitrogens is 1. The number of H-pyrrole nitrogens is 1. The number of esters is 1. The third-order valence-electron chi connectivity index (χ3n) is 5.15. The van der Waals surface area contributed by atoms with Crippen molar-refractivity contribution in [3.63, 3.8) is 0 Å². The van der Waals surface area contributed by atoms with E-state index >= 15 is 0 Å². The van der Waals surface area contributed by atoms with E-state index in [-0.39, 0.29) is 5.88 Å². The first-order chi connectivity index (χ1) is 15.5. The number of benzene rings is 2. The first kappa shape index (κ1) is 24.3. The quantitative estimate of drug-likeness (QED) is 0.384. The summed E-state index contributed by atoms with van der Waals surface area (Å²) in [7, 11) is 1.66. The summed E-state index contributed by atoms with van der Waals surface area (Å²) in [6.07, 6.45) is 1.18. The van der Waals surface area contributed by atoms with Gasteiger partial charge in [-0.2, -0.15) is 0 Å². The molecule has 1 heterocycles. The molecule has 3 rings (SSSR count). The van der Waals surface area contributed by atoms with Gasteiger partial charge in [-0.05, 0) is 57.4 Å². The van der Waals surface area contributed by atoms with Gasteiger partial charge < -0.3 is 19.7 Å². The van der Waals surface area contributed by atoms with Crippen LogP contribution < -0.4 is 4.31 Å². The smallest absolute Gasteiger partial charge is 0.337 e. The number of hydrogen-bond acceptors (Lipinski definition) is 7. The number of aromatic hydroxyl groups is 1. The zero-order valence-corrected chi connectivity index (χ0v) is 20.1. The molecule has 0 saturated carbocycles. The Labute approximate surface area is 193 Å². The van der Waals surface area contributed by atoms with E-state index in [9.17, 15) is 18.3 Å². The Balaban J connectivity index is 1.91. The van der Waals surface area contributed by atoms with Crippen molar-refractivity contribution in [2.24, 2.45) is 4.99 Å². The number of carbonyl (C=O) groups is 1. The molecule has 0 aliphatic heterocycles. The normalized spacial score (nSPS) is 12.4. The topological polar surface area (TPSA) is 115 Å². The molecular formula is C23H28N4O5S. The summed E-state index contributed by atoms with van der Waals surface area (Å²) in [5, 5.41) is 11.2. The van der Waals surface area contributed by atoms with Crippen LogP contribution in [0.4, 0.5) is 11.4 Å². The lowest BCUT2D eigenvalue weighted by Crippen LogP contribution is -2.35. The van der Waals surface area contributed by atoms with Crippen LogP contribution in [-0.4, -0.2) is 75.6 Å². The van der Waals surface area contributed by atoms with Crippen molar-refractivity contribution in [2.75, 3.05) is 44.9 Å². The highest BCUT2D eigenvalue weighted by molar-refractivity contribution is 7.92. The van der Waals surface area contributed by atoms with Crippen LogP contribution in [0.5, 0.6) is 5.88 Å². The highest BCUT2D eigenvalue weighted by Gasteiger charge is 2.18. The van der Waals surface area contributed by atoms with Crippen molar-refractivity contribution in [3.8, 4) is 5.88 Å². The van der Waals surface area contributed by atoms with Crippen molar-refractivity contribution < 1.29 is 23.1 Å². The van der Waals surface area contributed by atoms with Crippen LogP contribution >= 0.6 is 0 Å². The minimum Gasteiger partial charge on any atom is -0.494 e. The zero-order valence-electron chi connectivity index (χ0n) is 19.3. The number of ether oxygens (including phenoxy) is 1. The van der Waals surface area contributed by atoms with Crippen molar-refractivity contribution in [3.05, 3.63) is 53.6 Å². The highest BCUT2D eigenvalue weighted by Crippen LogP contribution is 2.30. The van der Waals surface area contributed by atoms with E-state index in [2.05, 4.69) is 9.98 Å². The summed E-state index contributed by atoms with van der Waals surface area (Å²) >= 11 is 0. The van der Waals surface area contributed by atoms with Gasteiger partial charge in [-0.15, -0.1) is 0 Å². The van der Waals surface area contributed by atoms with Gasteiger partial charge in [0, 0.05) is 24.0 Å². The molecule has 3 aromatic rings. The molecule has 0 radical (unpaired) electrons. The molecule has 176 valence electrons. The molecular weight excluding hydrogens is 444 g/mol. The number of likely N-dealkylation sites (N-methyl/N-ethyl adjacent to an activating group) is 1. The van der Waals surface area contributed by atoms with Crippen LogP contribution in [0.15, 0.2) is 47.5 Å². The van der Waals surface area contributed by atoms with Crippen LogP contribution in [0.1, 0.15) is 22.8 Å². The van der Waals surface area contributed by atoms with Crippen LogP contribution in [-0.2, 0) is 14.8 Å². The molecule has 33 heavy (non-hydrogen) atoms. The molecule has 9 nitrogen and oxygen atoms in total. The van der Waals surface area contributed by atoms with Gasteiger partial charge in [-0.3, -0.25) is 9.30 Å². The fourth-order valence-electron chi connectivity index (χ4n) is 3.51. The molecule has 0 amide bonds. The van der Waals surface area contributed by atoms with Gasteiger partial charge in [0.25, 0.3) is 0 Å². The van der Waals surface area contributed by atoms with Gasteiger partial charge in [0.05, 0.1) is 41.6 Å². The third-order valence-corrected chi connectivity index (χ3v) is 6.34. The summed E-state index contributed by atoms with van der Waals surface area (Å²) in [6.45, 7) is 2.69. The number of nitrogens with zero attached hydrogens (tertiary/aromatic N) is 3. The molecule has 2 aromatic carbocycles. The fourth-order valence-corrected chi connectivity index (χ4v) is 4.43. The second-order valence-electron chi connectivity index (χ2n) is 7.95. The average molecular weight is 473 g/mol. The molecule has 0 saturated heterocycles. The van der Waals surface area contributed by atoms with Gasteiger partial charge >= 0.3 is 5.97 Å². The summed E-state index contributed by atoms with van der Waals surface area (Å²) < 4.78 is 30.6. The maximum Gasteiger partial charge on any atom is 0.337 e. The van der Waals surface area contributed by atoms with Crippen LogP contribution in [0.2, 0.25) is 0 Å². The number of nitrogens with one attached hydrogen (secondary N) is 1. The van der Waals surface area contributed by atoms with Crippen molar-refractivity contribution >= 4 is 44.0 Å². The SMILES string of the molecule is COC(=O)c1ccc2c(C(C)=Nc3ccc(N(CCN(C)C)S(C)(=O)=O)cc3)c(O)[nH]c2c1. The molecule has 0 aliphatic rings. The molecule has 0 bridgehead atoms. The summed E-state index contributed by atoms with van der Waals surface area (Å²) in [6, 6.07) is 11.8. The lowest BCUT2D eigenvalue weighted by Gasteiger charge is -2.24.